The summed E-state index contributed by atoms with van der Waals surface area (Å²) in [5.74, 6) is 0.902. The van der Waals surface area contributed by atoms with Crippen LogP contribution in [0.5, 0.6) is 0 Å². The maximum atomic E-state index is 4.74. The summed E-state index contributed by atoms with van der Waals surface area (Å²) in [7, 11) is 0. The summed E-state index contributed by atoms with van der Waals surface area (Å²) in [4.78, 5) is 8.82. The van der Waals surface area contributed by atoms with E-state index in [0.717, 1.165) is 19.0 Å². The first-order valence-electron chi connectivity index (χ1n) is 9.79. The van der Waals surface area contributed by atoms with Crippen molar-refractivity contribution in [2.24, 2.45) is 4.99 Å². The number of halogens is 1. The molecule has 1 aromatic carbocycles. The second-order valence-corrected chi connectivity index (χ2v) is 6.79. The maximum Gasteiger partial charge on any atom is 0.191 e. The van der Waals surface area contributed by atoms with Crippen LogP contribution >= 0.6 is 24.0 Å². The Kier molecular flexibility index (Phi) is 11.8. The molecule has 0 bridgehead atoms. The van der Waals surface area contributed by atoms with Gasteiger partial charge >= 0.3 is 0 Å². The molecule has 1 atom stereocenters. The molecule has 6 heteroatoms. The molecule has 5 nitrogen and oxygen atoms in total. The van der Waals surface area contributed by atoms with Crippen LogP contribution in [0.2, 0.25) is 0 Å². The molecule has 0 aliphatic carbocycles. The van der Waals surface area contributed by atoms with Crippen LogP contribution in [0.4, 0.5) is 0 Å². The highest BCUT2D eigenvalue weighted by Crippen LogP contribution is 2.08. The molecule has 2 aromatic rings. The minimum Gasteiger partial charge on any atom is -0.357 e. The van der Waals surface area contributed by atoms with Crippen molar-refractivity contribution in [1.29, 1.82) is 0 Å². The number of unbranched alkanes of at least 4 members (excludes halogenated alkanes) is 2. The van der Waals surface area contributed by atoms with Crippen LogP contribution < -0.4 is 10.6 Å². The van der Waals surface area contributed by atoms with Crippen molar-refractivity contribution >= 4 is 29.9 Å². The Hall–Kier alpha value is -1.57. The lowest BCUT2D eigenvalue weighted by Gasteiger charge is -2.17. The van der Waals surface area contributed by atoms with Crippen molar-refractivity contribution in [3.63, 3.8) is 0 Å². The summed E-state index contributed by atoms with van der Waals surface area (Å²) in [5.41, 5.74) is 2.49. The fourth-order valence-corrected chi connectivity index (χ4v) is 2.84. The van der Waals surface area contributed by atoms with E-state index >= 15 is 0 Å². The molecule has 0 radical (unpaired) electrons. The zero-order valence-electron chi connectivity index (χ0n) is 16.8. The standard InChI is InChI=1S/C21H33N5.HI/c1-4-6-7-8-18(3)25-21(23-5-2)24-15-19-9-11-20(12-10-19)16-26-14-13-22-17-26;/h9-14,17-18H,4-8,15-16H2,1-3H3,(H2,23,24,25);1H. The third-order valence-corrected chi connectivity index (χ3v) is 4.34. The Labute approximate surface area is 181 Å². The molecule has 0 spiro atoms. The van der Waals surface area contributed by atoms with E-state index in [9.17, 15) is 0 Å². The van der Waals surface area contributed by atoms with E-state index in [0.29, 0.717) is 12.6 Å². The Morgan fingerprint density at radius 1 is 1.15 bits per heavy atom. The summed E-state index contributed by atoms with van der Waals surface area (Å²) in [6, 6.07) is 9.09. The van der Waals surface area contributed by atoms with Crippen LogP contribution in [-0.4, -0.2) is 28.1 Å². The first-order chi connectivity index (χ1) is 12.7. The fourth-order valence-electron chi connectivity index (χ4n) is 2.84. The van der Waals surface area contributed by atoms with Gasteiger partial charge in [0.1, 0.15) is 0 Å². The average molecular weight is 483 g/mol. The van der Waals surface area contributed by atoms with Gasteiger partial charge in [-0.15, -0.1) is 24.0 Å². The Bertz CT molecular complexity index is 637. The average Bonchev–Trinajstić information content (AvgIpc) is 3.14. The van der Waals surface area contributed by atoms with Gasteiger partial charge in [-0.2, -0.15) is 0 Å². The van der Waals surface area contributed by atoms with Crippen LogP contribution in [0, 0.1) is 0 Å². The third kappa shape index (κ3) is 9.26. The Morgan fingerprint density at radius 3 is 2.52 bits per heavy atom. The van der Waals surface area contributed by atoms with Crippen molar-refractivity contribution in [3.05, 3.63) is 54.1 Å². The minimum atomic E-state index is 0. The van der Waals surface area contributed by atoms with E-state index in [1.165, 1.54) is 36.8 Å². The van der Waals surface area contributed by atoms with Crippen molar-refractivity contribution in [2.45, 2.75) is 65.6 Å². The van der Waals surface area contributed by atoms with E-state index in [2.05, 4.69) is 65.2 Å². The van der Waals surface area contributed by atoms with Gasteiger partial charge in [-0.25, -0.2) is 9.98 Å². The molecule has 27 heavy (non-hydrogen) atoms. The number of hydrogen-bond donors (Lipinski definition) is 2. The van der Waals surface area contributed by atoms with E-state index < -0.39 is 0 Å². The number of nitrogens with zero attached hydrogens (tertiary/aromatic N) is 3. The molecular weight excluding hydrogens is 449 g/mol. The number of rotatable bonds is 10. The van der Waals surface area contributed by atoms with Crippen LogP contribution in [0.3, 0.4) is 0 Å². The van der Waals surface area contributed by atoms with E-state index in [1.807, 2.05) is 18.7 Å². The second-order valence-electron chi connectivity index (χ2n) is 6.79. The lowest BCUT2D eigenvalue weighted by molar-refractivity contribution is 0.547. The van der Waals surface area contributed by atoms with Gasteiger partial charge in [-0.05, 0) is 31.4 Å². The van der Waals surface area contributed by atoms with E-state index in [1.54, 1.807) is 0 Å². The van der Waals surface area contributed by atoms with Gasteiger partial charge in [0.05, 0.1) is 12.9 Å². The molecular formula is C21H34IN5. The fraction of sp³-hybridized carbons (Fsp3) is 0.524. The zero-order chi connectivity index (χ0) is 18.6. The van der Waals surface area contributed by atoms with Crippen LogP contribution in [0.25, 0.3) is 0 Å². The van der Waals surface area contributed by atoms with Crippen LogP contribution in [-0.2, 0) is 13.1 Å². The molecule has 0 aliphatic rings. The lowest BCUT2D eigenvalue weighted by Crippen LogP contribution is -2.42. The summed E-state index contributed by atoms with van der Waals surface area (Å²) < 4.78 is 2.07. The number of aromatic nitrogens is 2. The van der Waals surface area contributed by atoms with E-state index in [-0.39, 0.29) is 24.0 Å². The number of nitrogens with one attached hydrogen (secondary N) is 2. The summed E-state index contributed by atoms with van der Waals surface area (Å²) in [6.45, 7) is 8.98. The largest absolute Gasteiger partial charge is 0.357 e. The molecule has 1 aromatic heterocycles. The zero-order valence-corrected chi connectivity index (χ0v) is 19.1. The molecule has 0 saturated carbocycles. The van der Waals surface area contributed by atoms with Crippen molar-refractivity contribution in [1.82, 2.24) is 20.2 Å². The quantitative estimate of drug-likeness (QED) is 0.225. The molecule has 0 amide bonds. The molecule has 1 heterocycles. The summed E-state index contributed by atoms with van der Waals surface area (Å²) >= 11 is 0. The van der Waals surface area contributed by atoms with E-state index in [4.69, 9.17) is 4.99 Å². The van der Waals surface area contributed by atoms with Gasteiger partial charge in [-0.1, -0.05) is 50.5 Å². The lowest BCUT2D eigenvalue weighted by atomic mass is 10.1. The van der Waals surface area contributed by atoms with Gasteiger partial charge in [-0.3, -0.25) is 0 Å². The first-order valence-corrected chi connectivity index (χ1v) is 9.79. The Morgan fingerprint density at radius 2 is 1.89 bits per heavy atom. The summed E-state index contributed by atoms with van der Waals surface area (Å²) in [5, 5.41) is 6.86. The molecule has 150 valence electrons. The minimum absolute atomic E-state index is 0. The Balaban J connectivity index is 0.00000364. The van der Waals surface area contributed by atoms with Gasteiger partial charge in [0.15, 0.2) is 5.96 Å². The number of guanidine groups is 1. The number of hydrogen-bond acceptors (Lipinski definition) is 2. The van der Waals surface area contributed by atoms with Gasteiger partial charge in [0, 0.05) is 31.5 Å². The number of aliphatic imine (C=N–C) groups is 1. The predicted molar refractivity (Wildman–Crippen MR) is 125 cm³/mol. The highest BCUT2D eigenvalue weighted by molar-refractivity contribution is 14.0. The third-order valence-electron chi connectivity index (χ3n) is 4.34. The van der Waals surface area contributed by atoms with Gasteiger partial charge < -0.3 is 15.2 Å². The highest BCUT2D eigenvalue weighted by Gasteiger charge is 2.05. The molecule has 2 N–H and O–H groups in total. The molecule has 0 fully saturated rings. The number of benzene rings is 1. The SMILES string of the molecule is CCCCCC(C)NC(=NCc1ccc(Cn2ccnc2)cc1)NCC.I. The van der Waals surface area contributed by atoms with Gasteiger partial charge in [0.25, 0.3) is 0 Å². The van der Waals surface area contributed by atoms with Crippen LogP contribution in [0.15, 0.2) is 48.0 Å². The topological polar surface area (TPSA) is 54.2 Å². The van der Waals surface area contributed by atoms with Crippen molar-refractivity contribution < 1.29 is 0 Å². The second kappa shape index (κ2) is 13.6. The smallest absolute Gasteiger partial charge is 0.191 e. The first kappa shape index (κ1) is 23.5. The summed E-state index contributed by atoms with van der Waals surface area (Å²) in [6.07, 6.45) is 10.6. The molecule has 0 aliphatic heterocycles. The molecule has 2 rings (SSSR count). The molecule has 1 unspecified atom stereocenters. The van der Waals surface area contributed by atoms with Crippen LogP contribution in [0.1, 0.15) is 57.6 Å². The highest BCUT2D eigenvalue weighted by atomic mass is 127. The maximum absolute atomic E-state index is 4.74. The van der Waals surface area contributed by atoms with Crippen molar-refractivity contribution in [3.8, 4) is 0 Å². The predicted octanol–water partition coefficient (Wildman–Crippen LogP) is 4.57. The monoisotopic (exact) mass is 483 g/mol. The van der Waals surface area contributed by atoms with Gasteiger partial charge in [0.2, 0.25) is 0 Å². The van der Waals surface area contributed by atoms with Crippen molar-refractivity contribution in [2.75, 3.05) is 6.54 Å². The molecule has 0 saturated heterocycles. The normalized spacial score (nSPS) is 12.3. The number of imidazole rings is 1.